The first-order valence-electron chi connectivity index (χ1n) is 4.86. The van der Waals surface area contributed by atoms with Crippen LogP contribution in [0.3, 0.4) is 0 Å². The first-order valence-corrected chi connectivity index (χ1v) is 5.24. The molecule has 1 saturated heterocycles. The van der Waals surface area contributed by atoms with E-state index in [9.17, 15) is 9.59 Å². The summed E-state index contributed by atoms with van der Waals surface area (Å²) in [4.78, 5) is 22.2. The average Bonchev–Trinajstić information content (AvgIpc) is 2.25. The molecule has 0 unspecified atom stereocenters. The Morgan fingerprint density at radius 2 is 1.81 bits per heavy atom. The fourth-order valence-electron chi connectivity index (χ4n) is 1.45. The van der Waals surface area contributed by atoms with E-state index in [1.54, 1.807) is 30.3 Å². The molecule has 0 spiro atoms. The van der Waals surface area contributed by atoms with Crippen LogP contribution in [0.4, 0.5) is 0 Å². The number of rotatable bonds is 1. The Hall–Kier alpha value is -1.61. The highest BCUT2D eigenvalue weighted by atomic mass is 35.5. The molecule has 0 N–H and O–H groups in total. The molecule has 1 heterocycles. The maximum Gasteiger partial charge on any atom is 0.341 e. The van der Waals surface area contributed by atoms with Gasteiger partial charge in [0.1, 0.15) is 0 Å². The molecule has 0 aliphatic carbocycles. The van der Waals surface area contributed by atoms with Crippen molar-refractivity contribution in [2.75, 3.05) is 0 Å². The summed E-state index contributed by atoms with van der Waals surface area (Å²) < 4.78 is 4.52. The summed E-state index contributed by atoms with van der Waals surface area (Å²) in [5.41, 5.74) is 1.38. The molecule has 1 aromatic rings. The summed E-state index contributed by atoms with van der Waals surface area (Å²) in [6.45, 7) is 0. The van der Waals surface area contributed by atoms with Crippen molar-refractivity contribution in [1.29, 1.82) is 0 Å². The minimum Gasteiger partial charge on any atom is -0.390 e. The number of carbonyl (C=O) groups excluding carboxylic acids is 2. The van der Waals surface area contributed by atoms with E-state index in [0.29, 0.717) is 17.0 Å². The maximum atomic E-state index is 11.3. The average molecular weight is 237 g/mol. The molecule has 0 saturated carbocycles. The van der Waals surface area contributed by atoms with Crippen LogP contribution in [0.1, 0.15) is 18.4 Å². The molecular weight excluding hydrogens is 228 g/mol. The predicted octanol–water partition coefficient (Wildman–Crippen LogP) is 2.59. The standard InChI is InChI=1S/C12H9ClO3/c13-10-4-1-8(2-5-10)7-9-3-6-11(14)16-12(9)15/h1-2,4-5,7H,3,6H2/b9-7+. The highest BCUT2D eigenvalue weighted by Gasteiger charge is 2.22. The summed E-state index contributed by atoms with van der Waals surface area (Å²) in [7, 11) is 0. The van der Waals surface area contributed by atoms with Gasteiger partial charge in [-0.05, 0) is 30.2 Å². The van der Waals surface area contributed by atoms with Crippen LogP contribution in [0.15, 0.2) is 29.8 Å². The van der Waals surface area contributed by atoms with Gasteiger partial charge >= 0.3 is 11.9 Å². The second-order valence-electron chi connectivity index (χ2n) is 3.48. The van der Waals surface area contributed by atoms with Gasteiger partial charge in [-0.25, -0.2) is 4.79 Å². The van der Waals surface area contributed by atoms with Crippen LogP contribution in [0, 0.1) is 0 Å². The number of cyclic esters (lactones) is 2. The smallest absolute Gasteiger partial charge is 0.341 e. The lowest BCUT2D eigenvalue weighted by atomic mass is 10.0. The minimum absolute atomic E-state index is 0.255. The van der Waals surface area contributed by atoms with Crippen LogP contribution in [-0.2, 0) is 14.3 Å². The number of ether oxygens (including phenoxy) is 1. The van der Waals surface area contributed by atoms with Gasteiger partial charge in [0.2, 0.25) is 0 Å². The summed E-state index contributed by atoms with van der Waals surface area (Å²) in [5.74, 6) is -1.01. The van der Waals surface area contributed by atoms with E-state index in [4.69, 9.17) is 11.6 Å². The van der Waals surface area contributed by atoms with Crippen LogP contribution in [0.5, 0.6) is 0 Å². The van der Waals surface area contributed by atoms with Gasteiger partial charge in [0.05, 0.1) is 6.42 Å². The SMILES string of the molecule is O=C1CC/C(=C\c2ccc(Cl)cc2)C(=O)O1. The van der Waals surface area contributed by atoms with Gasteiger partial charge < -0.3 is 4.74 Å². The van der Waals surface area contributed by atoms with Crippen LogP contribution in [-0.4, -0.2) is 11.9 Å². The van der Waals surface area contributed by atoms with E-state index >= 15 is 0 Å². The van der Waals surface area contributed by atoms with E-state index < -0.39 is 11.9 Å². The Labute approximate surface area is 97.7 Å². The van der Waals surface area contributed by atoms with Crippen molar-refractivity contribution in [3.05, 3.63) is 40.4 Å². The molecule has 82 valence electrons. The van der Waals surface area contributed by atoms with Gasteiger partial charge in [-0.3, -0.25) is 4.79 Å². The van der Waals surface area contributed by atoms with Crippen molar-refractivity contribution in [3.63, 3.8) is 0 Å². The van der Waals surface area contributed by atoms with Crippen LogP contribution >= 0.6 is 11.6 Å². The summed E-state index contributed by atoms with van der Waals surface area (Å²) in [5, 5.41) is 0.642. The highest BCUT2D eigenvalue weighted by molar-refractivity contribution is 6.30. The Kier molecular flexibility index (Phi) is 3.06. The van der Waals surface area contributed by atoms with Gasteiger partial charge in [0.15, 0.2) is 0 Å². The molecule has 1 aromatic carbocycles. The molecule has 2 rings (SSSR count). The Morgan fingerprint density at radius 3 is 2.44 bits per heavy atom. The first-order chi connectivity index (χ1) is 7.65. The molecule has 0 atom stereocenters. The normalized spacial score (nSPS) is 18.7. The fourth-order valence-corrected chi connectivity index (χ4v) is 1.58. The molecule has 0 aromatic heterocycles. The molecule has 0 radical (unpaired) electrons. The highest BCUT2D eigenvalue weighted by Crippen LogP contribution is 2.19. The lowest BCUT2D eigenvalue weighted by Crippen LogP contribution is -2.20. The first kappa shape index (κ1) is 10.9. The Balaban J connectivity index is 2.21. The molecule has 1 fully saturated rings. The number of halogens is 1. The van der Waals surface area contributed by atoms with Crippen molar-refractivity contribution < 1.29 is 14.3 Å². The van der Waals surface area contributed by atoms with Gasteiger partial charge in [0, 0.05) is 10.6 Å². The predicted molar refractivity (Wildman–Crippen MR) is 59.8 cm³/mol. The summed E-state index contributed by atoms with van der Waals surface area (Å²) in [6.07, 6.45) is 2.40. The molecule has 3 nitrogen and oxygen atoms in total. The molecular formula is C12H9ClO3. The van der Waals surface area contributed by atoms with E-state index in [-0.39, 0.29) is 6.42 Å². The number of hydrogen-bond acceptors (Lipinski definition) is 3. The van der Waals surface area contributed by atoms with Crippen molar-refractivity contribution in [2.45, 2.75) is 12.8 Å². The van der Waals surface area contributed by atoms with Crippen LogP contribution < -0.4 is 0 Å². The van der Waals surface area contributed by atoms with Crippen molar-refractivity contribution in [2.24, 2.45) is 0 Å². The zero-order chi connectivity index (χ0) is 11.5. The topological polar surface area (TPSA) is 43.4 Å². The second-order valence-corrected chi connectivity index (χ2v) is 3.92. The number of carbonyl (C=O) groups is 2. The quantitative estimate of drug-likeness (QED) is 0.428. The Morgan fingerprint density at radius 1 is 1.12 bits per heavy atom. The third-order valence-electron chi connectivity index (χ3n) is 2.28. The molecule has 1 aliphatic rings. The van der Waals surface area contributed by atoms with Gasteiger partial charge in [0.25, 0.3) is 0 Å². The lowest BCUT2D eigenvalue weighted by Gasteiger charge is -2.11. The fraction of sp³-hybridized carbons (Fsp3) is 0.167. The monoisotopic (exact) mass is 236 g/mol. The minimum atomic E-state index is -0.550. The van der Waals surface area contributed by atoms with Crippen molar-refractivity contribution in [3.8, 4) is 0 Å². The van der Waals surface area contributed by atoms with E-state index in [0.717, 1.165) is 5.56 Å². The van der Waals surface area contributed by atoms with E-state index in [1.165, 1.54) is 0 Å². The zero-order valence-corrected chi connectivity index (χ0v) is 9.16. The maximum absolute atomic E-state index is 11.3. The van der Waals surface area contributed by atoms with Crippen LogP contribution in [0.2, 0.25) is 5.02 Å². The number of benzene rings is 1. The van der Waals surface area contributed by atoms with E-state index in [1.807, 2.05) is 0 Å². The summed E-state index contributed by atoms with van der Waals surface area (Å²) in [6, 6.07) is 7.10. The lowest BCUT2D eigenvalue weighted by molar-refractivity contribution is -0.159. The molecule has 1 aliphatic heterocycles. The van der Waals surface area contributed by atoms with Gasteiger partial charge in [-0.2, -0.15) is 0 Å². The number of hydrogen-bond donors (Lipinski definition) is 0. The summed E-state index contributed by atoms with van der Waals surface area (Å²) >= 11 is 5.75. The molecule has 0 bridgehead atoms. The van der Waals surface area contributed by atoms with Crippen molar-refractivity contribution >= 4 is 29.6 Å². The van der Waals surface area contributed by atoms with Gasteiger partial charge in [-0.15, -0.1) is 0 Å². The molecule has 16 heavy (non-hydrogen) atoms. The van der Waals surface area contributed by atoms with Crippen molar-refractivity contribution in [1.82, 2.24) is 0 Å². The van der Waals surface area contributed by atoms with E-state index in [2.05, 4.69) is 4.74 Å². The van der Waals surface area contributed by atoms with Crippen LogP contribution in [0.25, 0.3) is 6.08 Å². The molecule has 4 heteroatoms. The second kappa shape index (κ2) is 4.49. The number of esters is 2. The third kappa shape index (κ3) is 2.49. The molecule has 0 amide bonds. The third-order valence-corrected chi connectivity index (χ3v) is 2.53. The largest absolute Gasteiger partial charge is 0.390 e. The zero-order valence-electron chi connectivity index (χ0n) is 8.40. The Bertz CT molecular complexity index is 460. The van der Waals surface area contributed by atoms with Gasteiger partial charge in [-0.1, -0.05) is 23.7 Å².